The van der Waals surface area contributed by atoms with Crippen LogP contribution in [0.4, 0.5) is 5.69 Å². The molecular weight excluding hydrogens is 446 g/mol. The molecule has 0 aliphatic carbocycles. The summed E-state index contributed by atoms with van der Waals surface area (Å²) in [7, 11) is 0. The van der Waals surface area contributed by atoms with Gasteiger partial charge in [-0.15, -0.1) is 0 Å². The molecule has 6 nitrogen and oxygen atoms in total. The molecule has 1 saturated heterocycles. The van der Waals surface area contributed by atoms with Crippen molar-refractivity contribution in [2.24, 2.45) is 5.92 Å². The van der Waals surface area contributed by atoms with Crippen molar-refractivity contribution in [1.29, 1.82) is 0 Å². The minimum Gasteiger partial charge on any atom is -0.352 e. The van der Waals surface area contributed by atoms with E-state index in [4.69, 9.17) is 0 Å². The quantitative estimate of drug-likeness (QED) is 0.691. The minimum atomic E-state index is -0.161. The first-order valence-corrected chi connectivity index (χ1v) is 10.9. The summed E-state index contributed by atoms with van der Waals surface area (Å²) in [5.41, 5.74) is 2.72. The maximum Gasteiger partial charge on any atom is 0.253 e. The van der Waals surface area contributed by atoms with Crippen LogP contribution in [0, 0.1) is 12.8 Å². The van der Waals surface area contributed by atoms with E-state index in [9.17, 15) is 14.4 Å². The van der Waals surface area contributed by atoms with Crippen LogP contribution >= 0.6 is 15.9 Å². The average Bonchev–Trinajstić information content (AvgIpc) is 2.75. The van der Waals surface area contributed by atoms with Gasteiger partial charge in [-0.2, -0.15) is 0 Å². The lowest BCUT2D eigenvalue weighted by atomic mass is 9.95. The molecule has 2 N–H and O–H groups in total. The van der Waals surface area contributed by atoms with Gasteiger partial charge >= 0.3 is 0 Å². The van der Waals surface area contributed by atoms with Crippen LogP contribution in [-0.4, -0.2) is 42.3 Å². The molecule has 0 spiro atoms. The Morgan fingerprint density at radius 1 is 1.03 bits per heavy atom. The molecule has 0 radical (unpaired) electrons. The topological polar surface area (TPSA) is 78.5 Å². The van der Waals surface area contributed by atoms with Crippen molar-refractivity contribution in [2.75, 3.05) is 25.0 Å². The van der Waals surface area contributed by atoms with Crippen LogP contribution in [0.15, 0.2) is 46.9 Å². The third-order valence-electron chi connectivity index (χ3n) is 5.34. The van der Waals surface area contributed by atoms with E-state index in [1.807, 2.05) is 32.0 Å². The number of amides is 3. The number of rotatable bonds is 5. The normalized spacial score (nSPS) is 14.3. The number of nitrogens with one attached hydrogen (secondary N) is 2. The number of nitrogens with zero attached hydrogens (tertiary/aromatic N) is 1. The lowest BCUT2D eigenvalue weighted by molar-refractivity contribution is -0.121. The third kappa shape index (κ3) is 5.27. The Hall–Kier alpha value is -2.67. The average molecular weight is 472 g/mol. The van der Waals surface area contributed by atoms with Crippen LogP contribution in [0.1, 0.15) is 46.0 Å². The first kappa shape index (κ1) is 22.0. The van der Waals surface area contributed by atoms with Gasteiger partial charge in [0.2, 0.25) is 5.91 Å². The summed E-state index contributed by atoms with van der Waals surface area (Å²) in [4.78, 5) is 39.3. The second kappa shape index (κ2) is 9.89. The minimum absolute atomic E-state index is 0.00756. The fraction of sp³-hybridized carbons (Fsp3) is 0.348. The number of carbonyl (C=O) groups is 3. The molecule has 0 saturated carbocycles. The maximum atomic E-state index is 12.8. The van der Waals surface area contributed by atoms with Crippen LogP contribution in [-0.2, 0) is 4.79 Å². The van der Waals surface area contributed by atoms with Crippen LogP contribution in [0.3, 0.4) is 0 Å². The summed E-state index contributed by atoms with van der Waals surface area (Å²) in [6.45, 7) is 5.40. The second-order valence-electron chi connectivity index (χ2n) is 7.45. The molecule has 3 rings (SSSR count). The Balaban J connectivity index is 1.59. The number of hydrogen-bond acceptors (Lipinski definition) is 3. The Morgan fingerprint density at radius 2 is 1.67 bits per heavy atom. The fourth-order valence-corrected chi connectivity index (χ4v) is 3.78. The molecule has 1 aliphatic heterocycles. The van der Waals surface area contributed by atoms with E-state index in [2.05, 4.69) is 26.6 Å². The SMILES string of the molecule is CCNC(=O)c1ccc(C)c(NC(=O)C2CCN(C(=O)c3ccc(Br)cc3)CC2)c1. The van der Waals surface area contributed by atoms with Crippen molar-refractivity contribution >= 4 is 39.3 Å². The van der Waals surface area contributed by atoms with Gasteiger partial charge in [0, 0.05) is 46.8 Å². The summed E-state index contributed by atoms with van der Waals surface area (Å²) in [5.74, 6) is -0.395. The molecule has 1 fully saturated rings. The van der Waals surface area contributed by atoms with Crippen LogP contribution in [0.2, 0.25) is 0 Å². The molecule has 2 aromatic rings. The van der Waals surface area contributed by atoms with Gasteiger partial charge < -0.3 is 15.5 Å². The lowest BCUT2D eigenvalue weighted by Crippen LogP contribution is -2.41. The molecule has 3 amide bonds. The summed E-state index contributed by atoms with van der Waals surface area (Å²) in [6, 6.07) is 12.6. The third-order valence-corrected chi connectivity index (χ3v) is 5.87. The van der Waals surface area contributed by atoms with Gasteiger partial charge in [-0.1, -0.05) is 22.0 Å². The number of anilines is 1. The second-order valence-corrected chi connectivity index (χ2v) is 8.37. The number of halogens is 1. The molecule has 0 bridgehead atoms. The number of benzene rings is 2. The van der Waals surface area contributed by atoms with Crippen LogP contribution in [0.25, 0.3) is 0 Å². The van der Waals surface area contributed by atoms with Crippen molar-refractivity contribution < 1.29 is 14.4 Å². The summed E-state index contributed by atoms with van der Waals surface area (Å²) < 4.78 is 0.931. The molecule has 1 aliphatic rings. The molecular formula is C23H26BrN3O3. The van der Waals surface area contributed by atoms with Gasteiger partial charge in [0.25, 0.3) is 11.8 Å². The summed E-state index contributed by atoms with van der Waals surface area (Å²) in [6.07, 6.45) is 1.23. The molecule has 0 aromatic heterocycles. The van der Waals surface area contributed by atoms with E-state index in [1.54, 1.807) is 29.2 Å². The Morgan fingerprint density at radius 3 is 2.30 bits per heavy atom. The highest BCUT2D eigenvalue weighted by atomic mass is 79.9. The molecule has 158 valence electrons. The van der Waals surface area contributed by atoms with Gasteiger partial charge in [-0.3, -0.25) is 14.4 Å². The highest BCUT2D eigenvalue weighted by Gasteiger charge is 2.28. The van der Waals surface area contributed by atoms with Gasteiger partial charge in [0.1, 0.15) is 0 Å². The highest BCUT2D eigenvalue weighted by Crippen LogP contribution is 2.23. The van der Waals surface area contributed by atoms with Gasteiger partial charge in [0.15, 0.2) is 0 Å². The monoisotopic (exact) mass is 471 g/mol. The van der Waals surface area contributed by atoms with E-state index in [0.29, 0.717) is 49.3 Å². The Bertz CT molecular complexity index is 935. The predicted octanol–water partition coefficient (Wildman–Crippen LogP) is 4.00. The highest BCUT2D eigenvalue weighted by molar-refractivity contribution is 9.10. The first-order chi connectivity index (χ1) is 14.4. The predicted molar refractivity (Wildman–Crippen MR) is 121 cm³/mol. The fourth-order valence-electron chi connectivity index (χ4n) is 3.52. The Labute approximate surface area is 185 Å². The number of aryl methyl sites for hydroxylation is 1. The van der Waals surface area contributed by atoms with Crippen molar-refractivity contribution in [2.45, 2.75) is 26.7 Å². The molecule has 7 heteroatoms. The van der Waals surface area contributed by atoms with Gasteiger partial charge in [-0.05, 0) is 68.7 Å². The van der Waals surface area contributed by atoms with E-state index in [-0.39, 0.29) is 23.6 Å². The molecule has 2 aromatic carbocycles. The Kier molecular flexibility index (Phi) is 7.26. The van der Waals surface area contributed by atoms with Crippen LogP contribution < -0.4 is 10.6 Å². The smallest absolute Gasteiger partial charge is 0.253 e. The van der Waals surface area contributed by atoms with E-state index >= 15 is 0 Å². The largest absolute Gasteiger partial charge is 0.352 e. The van der Waals surface area contributed by atoms with Crippen molar-refractivity contribution in [3.8, 4) is 0 Å². The van der Waals surface area contributed by atoms with E-state index < -0.39 is 0 Å². The summed E-state index contributed by atoms with van der Waals surface area (Å²) in [5, 5.41) is 5.74. The molecule has 0 atom stereocenters. The number of likely N-dealkylation sites (tertiary alicyclic amines) is 1. The molecule has 1 heterocycles. The van der Waals surface area contributed by atoms with Crippen molar-refractivity contribution in [3.05, 3.63) is 63.6 Å². The van der Waals surface area contributed by atoms with Crippen molar-refractivity contribution in [1.82, 2.24) is 10.2 Å². The van der Waals surface area contributed by atoms with Crippen molar-refractivity contribution in [3.63, 3.8) is 0 Å². The summed E-state index contributed by atoms with van der Waals surface area (Å²) >= 11 is 3.38. The van der Waals surface area contributed by atoms with E-state index in [1.165, 1.54) is 0 Å². The molecule has 0 unspecified atom stereocenters. The zero-order valence-corrected chi connectivity index (χ0v) is 18.8. The maximum absolute atomic E-state index is 12.8. The number of carbonyl (C=O) groups excluding carboxylic acids is 3. The first-order valence-electron chi connectivity index (χ1n) is 10.1. The van der Waals surface area contributed by atoms with Gasteiger partial charge in [-0.25, -0.2) is 0 Å². The number of hydrogen-bond donors (Lipinski definition) is 2. The van der Waals surface area contributed by atoms with Gasteiger partial charge in [0.05, 0.1) is 0 Å². The standard InChI is InChI=1S/C23H26BrN3O3/c1-3-25-21(28)18-5-4-15(2)20(14-18)26-22(29)16-10-12-27(13-11-16)23(30)17-6-8-19(24)9-7-17/h4-9,14,16H,3,10-13H2,1-2H3,(H,25,28)(H,26,29). The van der Waals surface area contributed by atoms with Crippen LogP contribution in [0.5, 0.6) is 0 Å². The lowest BCUT2D eigenvalue weighted by Gasteiger charge is -2.31. The zero-order chi connectivity index (χ0) is 21.7. The van der Waals surface area contributed by atoms with E-state index in [0.717, 1.165) is 10.0 Å². The number of piperidine rings is 1. The zero-order valence-electron chi connectivity index (χ0n) is 17.2. The molecule has 30 heavy (non-hydrogen) atoms.